The van der Waals surface area contributed by atoms with E-state index in [0.717, 1.165) is 0 Å². The molecule has 0 radical (unpaired) electrons. The molecule has 0 saturated carbocycles. The first-order valence-electron chi connectivity index (χ1n) is 1.09. The molecule has 3 nitrogen and oxygen atoms in total. The summed E-state index contributed by atoms with van der Waals surface area (Å²) in [6.07, 6.45) is 0. The van der Waals surface area contributed by atoms with Gasteiger partial charge in [-0.1, -0.05) is 0 Å². The molecular weight excluding hydrogens is 93.0 g/mol. The topological polar surface area (TPSA) is 49.7 Å². The summed E-state index contributed by atoms with van der Waals surface area (Å²) < 4.78 is 0. The Labute approximate surface area is 59.0 Å². The maximum absolute atomic E-state index is 8.11. The fraction of sp³-hybridized carbons (Fsp3) is 0.500. The standard InChI is InChI=1S/C2H5.HNO2.Na/c1-2;2-1-3;/h1H2,2H3;(H,2,3);/q-1;;+1. The normalized spacial score (nSPS) is 3.00. The summed E-state index contributed by atoms with van der Waals surface area (Å²) in [6, 6.07) is 0. The largest absolute Gasteiger partial charge is 1.00 e. The minimum atomic E-state index is 0. The zero-order valence-corrected chi connectivity index (χ0v) is 6.01. The monoisotopic (exact) mass is 99.0 g/mol. The van der Waals surface area contributed by atoms with E-state index in [2.05, 4.69) is 6.92 Å². The van der Waals surface area contributed by atoms with Crippen molar-refractivity contribution in [2.75, 3.05) is 0 Å². The zero-order valence-electron chi connectivity index (χ0n) is 4.01. The quantitative estimate of drug-likeness (QED) is 0.165. The molecular formula is C2H6NNaO2. The molecule has 0 saturated heterocycles. The smallest absolute Gasteiger partial charge is 0.379 e. The SMILES string of the molecule is O=NO.[CH2-]C.[Na+]. The Morgan fingerprint density at radius 1 is 1.67 bits per heavy atom. The van der Waals surface area contributed by atoms with E-state index in [9.17, 15) is 0 Å². The fourth-order valence-corrected chi connectivity index (χ4v) is 0. The summed E-state index contributed by atoms with van der Waals surface area (Å²) in [5.74, 6) is 0. The van der Waals surface area contributed by atoms with Crippen LogP contribution >= 0.6 is 0 Å². The Kier molecular flexibility index (Phi) is 144. The van der Waals surface area contributed by atoms with Gasteiger partial charge in [0, 0.05) is 0 Å². The van der Waals surface area contributed by atoms with Crippen LogP contribution in [0.1, 0.15) is 6.92 Å². The Morgan fingerprint density at radius 3 is 1.67 bits per heavy atom. The van der Waals surface area contributed by atoms with Crippen LogP contribution in [-0.4, -0.2) is 5.21 Å². The van der Waals surface area contributed by atoms with Gasteiger partial charge in [-0.2, -0.15) is 6.92 Å². The third-order valence-electron chi connectivity index (χ3n) is 0. The van der Waals surface area contributed by atoms with Crippen LogP contribution in [0.15, 0.2) is 5.34 Å². The van der Waals surface area contributed by atoms with Crippen molar-refractivity contribution in [3.8, 4) is 0 Å². The van der Waals surface area contributed by atoms with Gasteiger partial charge in [0.25, 0.3) is 0 Å². The van der Waals surface area contributed by atoms with Gasteiger partial charge in [-0.3, -0.25) is 0 Å². The van der Waals surface area contributed by atoms with E-state index in [4.69, 9.17) is 10.1 Å². The molecule has 32 valence electrons. The molecule has 0 heterocycles. The van der Waals surface area contributed by atoms with Gasteiger partial charge in [0.15, 0.2) is 5.34 Å². The van der Waals surface area contributed by atoms with Crippen molar-refractivity contribution in [3.63, 3.8) is 0 Å². The van der Waals surface area contributed by atoms with Gasteiger partial charge in [0.05, 0.1) is 0 Å². The van der Waals surface area contributed by atoms with Crippen LogP contribution < -0.4 is 29.6 Å². The average Bonchev–Trinajstić information content (AvgIpc) is 1.46. The molecule has 6 heavy (non-hydrogen) atoms. The van der Waals surface area contributed by atoms with Crippen molar-refractivity contribution in [2.45, 2.75) is 6.92 Å². The minimum absolute atomic E-state index is 0. The van der Waals surface area contributed by atoms with Crippen molar-refractivity contribution >= 4 is 0 Å². The molecule has 0 aromatic heterocycles. The minimum Gasteiger partial charge on any atom is -0.379 e. The molecule has 0 aliphatic heterocycles. The predicted octanol–water partition coefficient (Wildman–Crippen LogP) is -2.01. The Morgan fingerprint density at radius 2 is 1.67 bits per heavy atom. The second-order valence-electron chi connectivity index (χ2n) is 0.0816. The molecule has 0 unspecified atom stereocenters. The van der Waals surface area contributed by atoms with Crippen molar-refractivity contribution in [1.29, 1.82) is 0 Å². The van der Waals surface area contributed by atoms with Gasteiger partial charge in [0.1, 0.15) is 0 Å². The average molecular weight is 99.1 g/mol. The van der Waals surface area contributed by atoms with Crippen LogP contribution in [-0.2, 0) is 0 Å². The van der Waals surface area contributed by atoms with E-state index in [1.54, 1.807) is 6.92 Å². The van der Waals surface area contributed by atoms with Gasteiger partial charge in [-0.05, 0) is 0 Å². The van der Waals surface area contributed by atoms with E-state index < -0.39 is 0 Å². The van der Waals surface area contributed by atoms with E-state index in [1.165, 1.54) is 5.34 Å². The first kappa shape index (κ1) is 16.1. The first-order valence-corrected chi connectivity index (χ1v) is 1.09. The second kappa shape index (κ2) is 53.3. The molecule has 0 aliphatic carbocycles. The molecule has 0 aliphatic rings. The molecule has 0 rings (SSSR count). The summed E-state index contributed by atoms with van der Waals surface area (Å²) >= 11 is 0. The van der Waals surface area contributed by atoms with Crippen molar-refractivity contribution in [3.05, 3.63) is 11.8 Å². The van der Waals surface area contributed by atoms with E-state index in [1.807, 2.05) is 0 Å². The maximum Gasteiger partial charge on any atom is 1.00 e. The van der Waals surface area contributed by atoms with Crippen LogP contribution in [0.25, 0.3) is 0 Å². The molecule has 1 N–H and O–H groups in total. The molecule has 0 amide bonds. The number of hydrogen-bond acceptors (Lipinski definition) is 2. The predicted molar refractivity (Wildman–Crippen MR) is 18.6 cm³/mol. The van der Waals surface area contributed by atoms with Gasteiger partial charge >= 0.3 is 29.6 Å². The zero-order chi connectivity index (χ0) is 4.71. The second-order valence-corrected chi connectivity index (χ2v) is 0.0816. The first-order chi connectivity index (χ1) is 2.41. The number of hydrogen-bond donors (Lipinski definition) is 1. The summed E-state index contributed by atoms with van der Waals surface area (Å²) in [5, 5.41) is 7.89. The van der Waals surface area contributed by atoms with E-state index in [-0.39, 0.29) is 29.6 Å². The van der Waals surface area contributed by atoms with Crippen LogP contribution in [0.2, 0.25) is 0 Å². The maximum atomic E-state index is 8.11. The molecule has 0 fully saturated rings. The van der Waals surface area contributed by atoms with E-state index >= 15 is 0 Å². The Bertz CT molecular complexity index is 19.0. The van der Waals surface area contributed by atoms with Crippen LogP contribution in [0, 0.1) is 11.8 Å². The summed E-state index contributed by atoms with van der Waals surface area (Å²) in [5.41, 5.74) is 0. The van der Waals surface area contributed by atoms with Crippen LogP contribution in [0.5, 0.6) is 0 Å². The molecule has 0 bridgehead atoms. The number of rotatable bonds is 0. The molecule has 0 aromatic carbocycles. The fourth-order valence-electron chi connectivity index (χ4n) is 0. The van der Waals surface area contributed by atoms with Gasteiger partial charge in [-0.15, -0.1) is 4.91 Å². The van der Waals surface area contributed by atoms with Crippen molar-refractivity contribution < 1.29 is 34.8 Å². The van der Waals surface area contributed by atoms with Gasteiger partial charge in [0.2, 0.25) is 0 Å². The third-order valence-corrected chi connectivity index (χ3v) is 0. The van der Waals surface area contributed by atoms with Crippen LogP contribution in [0.3, 0.4) is 0 Å². The third kappa shape index (κ3) is 318. The Hall–Kier alpha value is 0.400. The molecule has 0 spiro atoms. The molecule has 4 heteroatoms. The molecule has 0 aromatic rings. The van der Waals surface area contributed by atoms with Gasteiger partial charge < -0.3 is 12.1 Å². The Balaban J connectivity index is -0.0000000275. The molecule has 0 atom stereocenters. The number of nitrogens with zero attached hydrogens (tertiary/aromatic N) is 1. The summed E-state index contributed by atoms with van der Waals surface area (Å²) in [7, 11) is 0. The van der Waals surface area contributed by atoms with Crippen LogP contribution in [0.4, 0.5) is 0 Å². The van der Waals surface area contributed by atoms with Gasteiger partial charge in [-0.25, -0.2) is 0 Å². The summed E-state index contributed by atoms with van der Waals surface area (Å²) in [6.45, 7) is 5.00. The summed E-state index contributed by atoms with van der Waals surface area (Å²) in [4.78, 5) is 8.11. The van der Waals surface area contributed by atoms with Crippen molar-refractivity contribution in [1.82, 2.24) is 0 Å². The van der Waals surface area contributed by atoms with Crippen molar-refractivity contribution in [2.24, 2.45) is 5.34 Å². The van der Waals surface area contributed by atoms with E-state index in [0.29, 0.717) is 0 Å².